The lowest BCUT2D eigenvalue weighted by Gasteiger charge is -2.02. The Bertz CT molecular complexity index is 393. The Balaban J connectivity index is 3.18. The smallest absolute Gasteiger partial charge is 0.258 e. The maximum atomic E-state index is 10.4. The lowest BCUT2D eigenvalue weighted by molar-refractivity contribution is 0.311. The van der Waals surface area contributed by atoms with Crippen LogP contribution in [0.1, 0.15) is 51.4 Å². The Kier molecular flexibility index (Phi) is 11.3. The van der Waals surface area contributed by atoms with Crippen LogP contribution < -0.4 is 0 Å². The van der Waals surface area contributed by atoms with Gasteiger partial charge in [0.05, 0.1) is 13.2 Å². The van der Waals surface area contributed by atoms with Gasteiger partial charge in [-0.25, -0.2) is 0 Å². The second kappa shape index (κ2) is 11.0. The third-order valence-corrected chi connectivity index (χ3v) is 3.92. The van der Waals surface area contributed by atoms with E-state index in [0.717, 1.165) is 38.5 Å². The summed E-state index contributed by atoms with van der Waals surface area (Å²) in [6.45, 7) is 0.242. The maximum absolute atomic E-state index is 10.4. The molecule has 0 aromatic heterocycles. The minimum atomic E-state index is -3.84. The predicted octanol–water partition coefficient (Wildman–Crippen LogP) is 3.11. The predicted molar refractivity (Wildman–Crippen MR) is 78.4 cm³/mol. The van der Waals surface area contributed by atoms with Gasteiger partial charge in [-0.2, -0.15) is 16.8 Å². The van der Waals surface area contributed by atoms with Gasteiger partial charge in [-0.15, -0.1) is 0 Å². The van der Waals surface area contributed by atoms with Crippen LogP contribution in [0.5, 0.6) is 0 Å². The van der Waals surface area contributed by atoms with Gasteiger partial charge in [0.25, 0.3) is 0 Å². The number of hydrogen-bond donors (Lipinski definition) is 0. The second-order valence-electron chi connectivity index (χ2n) is 4.26. The molecule has 0 aliphatic rings. The fraction of sp³-hybridized carbons (Fsp3) is 1.00. The molecule has 0 fully saturated rings. The zero-order chi connectivity index (χ0) is 15.5. The van der Waals surface area contributed by atoms with Crippen molar-refractivity contribution >= 4 is 40.0 Å². The van der Waals surface area contributed by atoms with Crippen LogP contribution in [-0.2, 0) is 27.0 Å². The number of unbranched alkanes of at least 4 members (excludes halogenated alkanes) is 7. The van der Waals surface area contributed by atoms with E-state index in [1.807, 2.05) is 0 Å². The molecule has 0 aliphatic heterocycles. The van der Waals surface area contributed by atoms with Gasteiger partial charge in [-0.3, -0.25) is 8.37 Å². The van der Waals surface area contributed by atoms with Gasteiger partial charge in [0, 0.05) is 21.4 Å². The number of hydrogen-bond acceptors (Lipinski definition) is 6. The van der Waals surface area contributed by atoms with Crippen molar-refractivity contribution in [3.05, 3.63) is 0 Å². The molecule has 122 valence electrons. The molecule has 0 aromatic carbocycles. The first kappa shape index (κ1) is 20.4. The molecule has 20 heavy (non-hydrogen) atoms. The zero-order valence-corrected chi connectivity index (χ0v) is 14.2. The van der Waals surface area contributed by atoms with Gasteiger partial charge < -0.3 is 0 Å². The van der Waals surface area contributed by atoms with E-state index in [1.165, 1.54) is 0 Å². The molecule has 6 nitrogen and oxygen atoms in total. The maximum Gasteiger partial charge on any atom is 0.355 e. The Morgan fingerprint density at radius 2 is 0.800 bits per heavy atom. The summed E-state index contributed by atoms with van der Waals surface area (Å²) in [6, 6.07) is 0. The SMILES string of the molecule is O=S(=O)(Cl)OCCCCCCCCCCOS(=O)(=O)Cl. The molecule has 0 saturated carbocycles. The quantitative estimate of drug-likeness (QED) is 0.365. The van der Waals surface area contributed by atoms with E-state index in [9.17, 15) is 16.8 Å². The highest BCUT2D eigenvalue weighted by molar-refractivity contribution is 8.10. The minimum absolute atomic E-state index is 0.121. The van der Waals surface area contributed by atoms with Gasteiger partial charge in [0.2, 0.25) is 0 Å². The molecule has 0 aromatic rings. The lowest BCUT2D eigenvalue weighted by atomic mass is 10.1. The van der Waals surface area contributed by atoms with E-state index >= 15 is 0 Å². The van der Waals surface area contributed by atoms with Crippen molar-refractivity contribution in [2.24, 2.45) is 0 Å². The van der Waals surface area contributed by atoms with E-state index in [4.69, 9.17) is 21.4 Å². The largest absolute Gasteiger partial charge is 0.355 e. The van der Waals surface area contributed by atoms with Crippen molar-refractivity contribution in [3.8, 4) is 0 Å². The van der Waals surface area contributed by atoms with E-state index < -0.39 is 18.7 Å². The summed E-state index contributed by atoms with van der Waals surface area (Å²) in [5, 5.41) is 0. The summed E-state index contributed by atoms with van der Waals surface area (Å²) in [5.41, 5.74) is 0. The topological polar surface area (TPSA) is 86.7 Å². The second-order valence-corrected chi connectivity index (χ2v) is 8.57. The first-order valence-corrected chi connectivity index (χ1v) is 10.9. The molecule has 0 N–H and O–H groups in total. The van der Waals surface area contributed by atoms with Crippen molar-refractivity contribution in [1.29, 1.82) is 0 Å². The van der Waals surface area contributed by atoms with Crippen molar-refractivity contribution in [1.82, 2.24) is 0 Å². The molecule has 0 heterocycles. The highest BCUT2D eigenvalue weighted by Crippen LogP contribution is 2.10. The monoisotopic (exact) mass is 370 g/mol. The Morgan fingerprint density at radius 3 is 1.05 bits per heavy atom. The van der Waals surface area contributed by atoms with Crippen LogP contribution in [0.25, 0.3) is 0 Å². The molecule has 0 rings (SSSR count). The summed E-state index contributed by atoms with van der Waals surface area (Å²) in [5.74, 6) is 0. The van der Waals surface area contributed by atoms with Crippen molar-refractivity contribution in [2.45, 2.75) is 51.4 Å². The highest BCUT2D eigenvalue weighted by atomic mass is 35.7. The highest BCUT2D eigenvalue weighted by Gasteiger charge is 2.04. The number of halogens is 2. The average molecular weight is 371 g/mol. The van der Waals surface area contributed by atoms with E-state index in [2.05, 4.69) is 8.37 Å². The molecule has 0 aliphatic carbocycles. The first-order valence-electron chi connectivity index (χ1n) is 6.39. The molecule has 0 spiro atoms. The van der Waals surface area contributed by atoms with Crippen LogP contribution in [0.3, 0.4) is 0 Å². The molecule has 0 amide bonds. The fourth-order valence-corrected chi connectivity index (χ4v) is 2.59. The van der Waals surface area contributed by atoms with Crippen LogP contribution in [0.4, 0.5) is 0 Å². The van der Waals surface area contributed by atoms with Crippen molar-refractivity contribution in [2.75, 3.05) is 13.2 Å². The van der Waals surface area contributed by atoms with E-state index in [1.54, 1.807) is 0 Å². The zero-order valence-electron chi connectivity index (χ0n) is 11.1. The van der Waals surface area contributed by atoms with E-state index in [-0.39, 0.29) is 13.2 Å². The lowest BCUT2D eigenvalue weighted by Crippen LogP contribution is -1.99. The van der Waals surface area contributed by atoms with Crippen LogP contribution >= 0.6 is 21.4 Å². The van der Waals surface area contributed by atoms with Gasteiger partial charge in [-0.05, 0) is 12.8 Å². The van der Waals surface area contributed by atoms with Crippen molar-refractivity contribution in [3.63, 3.8) is 0 Å². The third-order valence-electron chi connectivity index (χ3n) is 2.49. The molecular weight excluding hydrogens is 351 g/mol. The summed E-state index contributed by atoms with van der Waals surface area (Å²) < 4.78 is 50.5. The van der Waals surface area contributed by atoms with Gasteiger partial charge >= 0.3 is 18.7 Å². The van der Waals surface area contributed by atoms with Gasteiger partial charge in [0.15, 0.2) is 0 Å². The Morgan fingerprint density at radius 1 is 0.550 bits per heavy atom. The van der Waals surface area contributed by atoms with Gasteiger partial charge in [-0.1, -0.05) is 38.5 Å². The minimum Gasteiger partial charge on any atom is -0.258 e. The summed E-state index contributed by atoms with van der Waals surface area (Å²) in [7, 11) is 2.08. The normalized spacial score (nSPS) is 12.7. The van der Waals surface area contributed by atoms with Crippen LogP contribution in [0.15, 0.2) is 0 Å². The van der Waals surface area contributed by atoms with Gasteiger partial charge in [0.1, 0.15) is 0 Å². The Labute approximate surface area is 130 Å². The fourth-order valence-electron chi connectivity index (χ4n) is 1.58. The average Bonchev–Trinajstić information content (AvgIpc) is 2.27. The standard InChI is InChI=1S/C10H20Cl2O6S2/c11-19(13,14)17-9-7-5-3-1-2-4-6-8-10-18-20(12,15)16/h1-10H2. The molecule has 0 unspecified atom stereocenters. The van der Waals surface area contributed by atoms with Crippen LogP contribution in [-0.4, -0.2) is 30.0 Å². The number of rotatable bonds is 13. The van der Waals surface area contributed by atoms with Crippen LogP contribution in [0.2, 0.25) is 0 Å². The van der Waals surface area contributed by atoms with Crippen LogP contribution in [0, 0.1) is 0 Å². The molecule has 10 heteroatoms. The van der Waals surface area contributed by atoms with E-state index in [0.29, 0.717) is 12.8 Å². The summed E-state index contributed by atoms with van der Waals surface area (Å²) >= 11 is 0. The molecule has 0 bridgehead atoms. The first-order chi connectivity index (χ1) is 9.21. The van der Waals surface area contributed by atoms with Crippen molar-refractivity contribution < 1.29 is 25.2 Å². The summed E-state index contributed by atoms with van der Waals surface area (Å²) in [4.78, 5) is 0. The molecule has 0 saturated heterocycles. The summed E-state index contributed by atoms with van der Waals surface area (Å²) in [6.07, 6.45) is 7.18. The Hall–Kier alpha value is 0.400. The third kappa shape index (κ3) is 18.4. The molecule has 0 radical (unpaired) electrons. The molecular formula is C10H20Cl2O6S2. The molecule has 0 atom stereocenters.